The molecule has 0 aromatic carbocycles. The zero-order valence-corrected chi connectivity index (χ0v) is 10.9. The molecule has 1 aromatic rings. The second kappa shape index (κ2) is 5.20. The molecule has 2 aliphatic rings. The van der Waals surface area contributed by atoms with Crippen LogP contribution in [0.5, 0.6) is 0 Å². The summed E-state index contributed by atoms with van der Waals surface area (Å²) in [4.78, 5) is 11.7. The van der Waals surface area contributed by atoms with Crippen molar-refractivity contribution in [3.8, 4) is 0 Å². The first kappa shape index (κ1) is 11.9. The molecule has 3 rings (SSSR count). The predicted octanol–water partition coefficient (Wildman–Crippen LogP) is 0.521. The molecule has 1 N–H and O–H groups in total. The molecule has 98 valence electrons. The zero-order valence-electron chi connectivity index (χ0n) is 10.9. The molecule has 0 aliphatic carbocycles. The number of nitrogens with zero attached hydrogens (tertiary/aromatic N) is 3. The Hall–Kier alpha value is -1.20. The number of morpholine rings is 1. The van der Waals surface area contributed by atoms with Gasteiger partial charge in [-0.05, 0) is 24.9 Å². The van der Waals surface area contributed by atoms with Gasteiger partial charge in [-0.2, -0.15) is 0 Å². The van der Waals surface area contributed by atoms with E-state index >= 15 is 0 Å². The van der Waals surface area contributed by atoms with Crippen LogP contribution in [-0.2, 0) is 24.1 Å². The summed E-state index contributed by atoms with van der Waals surface area (Å²) >= 11 is 0. The maximum absolute atomic E-state index is 5.38. The lowest BCUT2D eigenvalue weighted by molar-refractivity contribution is 0.122. The topological polar surface area (TPSA) is 50.3 Å². The molecular formula is C13H20N4O. The molecule has 5 heteroatoms. The van der Waals surface area contributed by atoms with Crippen LogP contribution in [0.4, 0.5) is 5.95 Å². The maximum Gasteiger partial charge on any atom is 0.226 e. The van der Waals surface area contributed by atoms with E-state index in [1.807, 2.05) is 0 Å². The molecule has 1 saturated heterocycles. The van der Waals surface area contributed by atoms with Gasteiger partial charge in [0.05, 0.1) is 18.9 Å². The van der Waals surface area contributed by atoms with E-state index < -0.39 is 0 Å². The quantitative estimate of drug-likeness (QED) is 0.827. The van der Waals surface area contributed by atoms with E-state index in [9.17, 15) is 0 Å². The van der Waals surface area contributed by atoms with Gasteiger partial charge in [-0.3, -0.25) is 0 Å². The van der Waals surface area contributed by atoms with Crippen molar-refractivity contribution >= 4 is 5.95 Å². The van der Waals surface area contributed by atoms with Gasteiger partial charge in [0.25, 0.3) is 0 Å². The van der Waals surface area contributed by atoms with Crippen molar-refractivity contribution in [2.75, 3.05) is 37.7 Å². The number of aryl methyl sites for hydroxylation is 1. The fourth-order valence-corrected chi connectivity index (χ4v) is 2.62. The molecule has 0 atom stereocenters. The van der Waals surface area contributed by atoms with Gasteiger partial charge < -0.3 is 15.0 Å². The Labute approximate surface area is 108 Å². The fourth-order valence-electron chi connectivity index (χ4n) is 2.62. The van der Waals surface area contributed by atoms with Crippen LogP contribution in [-0.4, -0.2) is 42.8 Å². The minimum atomic E-state index is 0.778. The van der Waals surface area contributed by atoms with Gasteiger partial charge in [0.15, 0.2) is 0 Å². The second-order valence-corrected chi connectivity index (χ2v) is 4.78. The standard InChI is InChI=1S/C13H20N4O/c1-2-11-10-3-4-14-9-12(10)16-13(15-11)17-5-7-18-8-6-17/h14H,2-9H2,1H3. The van der Waals surface area contributed by atoms with Crippen molar-refractivity contribution in [1.82, 2.24) is 15.3 Å². The lowest BCUT2D eigenvalue weighted by atomic mass is 10.0. The highest BCUT2D eigenvalue weighted by atomic mass is 16.5. The predicted molar refractivity (Wildman–Crippen MR) is 69.9 cm³/mol. The first-order chi connectivity index (χ1) is 8.88. The number of ether oxygens (including phenoxy) is 1. The van der Waals surface area contributed by atoms with Gasteiger partial charge in [0.1, 0.15) is 0 Å². The minimum absolute atomic E-state index is 0.778. The SMILES string of the molecule is CCc1nc(N2CCOCC2)nc2c1CCNC2. The molecule has 5 nitrogen and oxygen atoms in total. The third-order valence-corrected chi connectivity index (χ3v) is 3.64. The monoisotopic (exact) mass is 248 g/mol. The van der Waals surface area contributed by atoms with E-state index in [1.54, 1.807) is 0 Å². The normalized spacial score (nSPS) is 19.7. The Balaban J connectivity index is 1.94. The van der Waals surface area contributed by atoms with Crippen molar-refractivity contribution in [2.45, 2.75) is 26.3 Å². The number of fused-ring (bicyclic) bond motifs is 1. The smallest absolute Gasteiger partial charge is 0.226 e. The summed E-state index contributed by atoms with van der Waals surface area (Å²) in [6.45, 7) is 7.45. The summed E-state index contributed by atoms with van der Waals surface area (Å²) in [7, 11) is 0. The summed E-state index contributed by atoms with van der Waals surface area (Å²) in [6.07, 6.45) is 2.05. The Bertz CT molecular complexity index is 412. The number of nitrogens with one attached hydrogen (secondary N) is 1. The van der Waals surface area contributed by atoms with Crippen LogP contribution in [0.2, 0.25) is 0 Å². The van der Waals surface area contributed by atoms with Gasteiger partial charge in [-0.25, -0.2) is 9.97 Å². The number of hydrogen-bond donors (Lipinski definition) is 1. The summed E-state index contributed by atoms with van der Waals surface area (Å²) in [6, 6.07) is 0. The number of aromatic nitrogens is 2. The van der Waals surface area contributed by atoms with E-state index in [4.69, 9.17) is 14.7 Å². The average molecular weight is 248 g/mol. The Morgan fingerprint density at radius 1 is 1.28 bits per heavy atom. The van der Waals surface area contributed by atoms with E-state index in [-0.39, 0.29) is 0 Å². The van der Waals surface area contributed by atoms with Crippen LogP contribution in [0.3, 0.4) is 0 Å². The number of anilines is 1. The highest BCUT2D eigenvalue weighted by molar-refractivity contribution is 5.38. The molecule has 3 heterocycles. The molecule has 0 radical (unpaired) electrons. The van der Waals surface area contributed by atoms with Gasteiger partial charge in [0.2, 0.25) is 5.95 Å². The third kappa shape index (κ3) is 2.20. The largest absolute Gasteiger partial charge is 0.378 e. The van der Waals surface area contributed by atoms with Crippen LogP contribution in [0.25, 0.3) is 0 Å². The second-order valence-electron chi connectivity index (χ2n) is 4.78. The van der Waals surface area contributed by atoms with Gasteiger partial charge in [0, 0.05) is 25.3 Å². The van der Waals surface area contributed by atoms with Gasteiger partial charge in [-0.1, -0.05) is 6.92 Å². The molecule has 2 aliphatic heterocycles. The molecule has 0 bridgehead atoms. The number of rotatable bonds is 2. The van der Waals surface area contributed by atoms with E-state index in [0.717, 1.165) is 58.2 Å². The molecule has 1 fully saturated rings. The molecule has 18 heavy (non-hydrogen) atoms. The van der Waals surface area contributed by atoms with E-state index in [1.165, 1.54) is 17.0 Å². The van der Waals surface area contributed by atoms with Crippen LogP contribution in [0.1, 0.15) is 23.9 Å². The first-order valence-corrected chi connectivity index (χ1v) is 6.80. The molecule has 0 saturated carbocycles. The van der Waals surface area contributed by atoms with E-state index in [2.05, 4.69) is 17.1 Å². The van der Waals surface area contributed by atoms with Crippen molar-refractivity contribution in [3.63, 3.8) is 0 Å². The fraction of sp³-hybridized carbons (Fsp3) is 0.692. The maximum atomic E-state index is 5.38. The van der Waals surface area contributed by atoms with Crippen molar-refractivity contribution in [1.29, 1.82) is 0 Å². The molecule has 0 spiro atoms. The van der Waals surface area contributed by atoms with Crippen molar-refractivity contribution in [3.05, 3.63) is 17.0 Å². The number of hydrogen-bond acceptors (Lipinski definition) is 5. The Morgan fingerprint density at radius 2 is 2.11 bits per heavy atom. The summed E-state index contributed by atoms with van der Waals surface area (Å²) < 4.78 is 5.38. The molecule has 1 aromatic heterocycles. The van der Waals surface area contributed by atoms with Gasteiger partial charge in [-0.15, -0.1) is 0 Å². The van der Waals surface area contributed by atoms with Crippen LogP contribution in [0, 0.1) is 0 Å². The first-order valence-electron chi connectivity index (χ1n) is 6.80. The van der Waals surface area contributed by atoms with Gasteiger partial charge >= 0.3 is 0 Å². The molecular weight excluding hydrogens is 228 g/mol. The van der Waals surface area contributed by atoms with Crippen LogP contribution >= 0.6 is 0 Å². The summed E-state index contributed by atoms with van der Waals surface area (Å²) in [5.74, 6) is 0.887. The summed E-state index contributed by atoms with van der Waals surface area (Å²) in [5, 5.41) is 3.39. The molecule has 0 unspecified atom stereocenters. The lowest BCUT2D eigenvalue weighted by Crippen LogP contribution is -2.38. The highest BCUT2D eigenvalue weighted by Gasteiger charge is 2.20. The van der Waals surface area contributed by atoms with Crippen molar-refractivity contribution in [2.24, 2.45) is 0 Å². The average Bonchev–Trinajstić information content (AvgIpc) is 2.47. The zero-order chi connectivity index (χ0) is 12.4. The van der Waals surface area contributed by atoms with Crippen LogP contribution < -0.4 is 10.2 Å². The highest BCUT2D eigenvalue weighted by Crippen LogP contribution is 2.20. The molecule has 0 amide bonds. The van der Waals surface area contributed by atoms with Crippen LogP contribution in [0.15, 0.2) is 0 Å². The van der Waals surface area contributed by atoms with E-state index in [0.29, 0.717) is 0 Å². The van der Waals surface area contributed by atoms with Crippen molar-refractivity contribution < 1.29 is 4.74 Å². The lowest BCUT2D eigenvalue weighted by Gasteiger charge is -2.29. The Morgan fingerprint density at radius 3 is 2.89 bits per heavy atom. The summed E-state index contributed by atoms with van der Waals surface area (Å²) in [5.41, 5.74) is 3.78. The third-order valence-electron chi connectivity index (χ3n) is 3.64. The Kier molecular flexibility index (Phi) is 3.43. The minimum Gasteiger partial charge on any atom is -0.378 e.